The summed E-state index contributed by atoms with van der Waals surface area (Å²) in [7, 11) is -1.55. The van der Waals surface area contributed by atoms with Crippen LogP contribution in [-0.2, 0) is 26.8 Å². The Balaban J connectivity index is 1.78. The minimum Gasteiger partial charge on any atom is -0.326 e. The van der Waals surface area contributed by atoms with Crippen LogP contribution in [0.3, 0.4) is 0 Å². The molecule has 0 unspecified atom stereocenters. The van der Waals surface area contributed by atoms with E-state index in [1.54, 1.807) is 24.3 Å². The molecular weight excluding hydrogens is 336 g/mol. The molecule has 1 heterocycles. The van der Waals surface area contributed by atoms with E-state index in [1.165, 1.54) is 0 Å². The number of hydrogen-bond donors (Lipinski definition) is 2. The van der Waals surface area contributed by atoms with Gasteiger partial charge >= 0.3 is 0 Å². The highest BCUT2D eigenvalue weighted by molar-refractivity contribution is 7.86. The van der Waals surface area contributed by atoms with Crippen LogP contribution in [0.25, 0.3) is 0 Å². The molecule has 0 saturated heterocycles. The van der Waals surface area contributed by atoms with Gasteiger partial charge in [-0.25, -0.2) is 0 Å². The van der Waals surface area contributed by atoms with Gasteiger partial charge in [-0.1, -0.05) is 37.3 Å². The highest BCUT2D eigenvalue weighted by atomic mass is 32.2. The second kappa shape index (κ2) is 7.19. The van der Waals surface area contributed by atoms with E-state index in [2.05, 4.69) is 10.6 Å². The Kier molecular flexibility index (Phi) is 4.99. The highest BCUT2D eigenvalue weighted by Gasteiger charge is 2.34. The van der Waals surface area contributed by atoms with Crippen LogP contribution in [0.2, 0.25) is 0 Å². The average Bonchev–Trinajstić information content (AvgIpc) is 2.60. The van der Waals surface area contributed by atoms with Crippen LogP contribution >= 0.6 is 0 Å². The Labute approximate surface area is 149 Å². The van der Waals surface area contributed by atoms with E-state index in [9.17, 15) is 13.8 Å². The van der Waals surface area contributed by atoms with Crippen LogP contribution in [0, 0.1) is 6.92 Å². The SMILES string of the molecule is CCc1cccc(C)c1NC(=O)C[C@@H]1C(=O)Nc2ccccc2[S@@]1=O. The van der Waals surface area contributed by atoms with Crippen molar-refractivity contribution in [2.24, 2.45) is 0 Å². The number of carbonyl (C=O) groups excluding carboxylic acids is 2. The number of fused-ring (bicyclic) bond motifs is 1. The number of rotatable bonds is 4. The summed E-state index contributed by atoms with van der Waals surface area (Å²) < 4.78 is 12.7. The van der Waals surface area contributed by atoms with Crippen LogP contribution in [0.15, 0.2) is 47.4 Å². The number of hydrogen-bond acceptors (Lipinski definition) is 3. The Morgan fingerprint density at radius 2 is 1.96 bits per heavy atom. The summed E-state index contributed by atoms with van der Waals surface area (Å²) in [5, 5.41) is 4.74. The second-order valence-electron chi connectivity index (χ2n) is 5.99. The van der Waals surface area contributed by atoms with Crippen molar-refractivity contribution < 1.29 is 13.8 Å². The van der Waals surface area contributed by atoms with Gasteiger partial charge in [0.05, 0.1) is 27.8 Å². The van der Waals surface area contributed by atoms with Gasteiger partial charge < -0.3 is 10.6 Å². The molecule has 0 aliphatic carbocycles. The molecule has 1 aliphatic rings. The molecule has 130 valence electrons. The molecule has 2 aromatic carbocycles. The molecule has 1 aliphatic heterocycles. The van der Waals surface area contributed by atoms with Crippen molar-refractivity contribution in [3.8, 4) is 0 Å². The quantitative estimate of drug-likeness (QED) is 0.884. The maximum Gasteiger partial charge on any atom is 0.241 e. The van der Waals surface area contributed by atoms with E-state index in [1.807, 2.05) is 32.0 Å². The third kappa shape index (κ3) is 3.49. The minimum atomic E-state index is -1.55. The van der Waals surface area contributed by atoms with Crippen LogP contribution in [-0.4, -0.2) is 21.3 Å². The molecule has 6 heteroatoms. The van der Waals surface area contributed by atoms with Gasteiger partial charge in [-0.2, -0.15) is 0 Å². The topological polar surface area (TPSA) is 75.3 Å². The summed E-state index contributed by atoms with van der Waals surface area (Å²) in [4.78, 5) is 25.3. The van der Waals surface area contributed by atoms with Gasteiger partial charge in [0.2, 0.25) is 11.8 Å². The van der Waals surface area contributed by atoms with Crippen LogP contribution in [0.4, 0.5) is 11.4 Å². The Morgan fingerprint density at radius 3 is 2.72 bits per heavy atom. The average molecular weight is 356 g/mol. The molecule has 5 nitrogen and oxygen atoms in total. The van der Waals surface area contributed by atoms with Gasteiger partial charge in [0.1, 0.15) is 5.25 Å². The summed E-state index contributed by atoms with van der Waals surface area (Å²) in [6.45, 7) is 3.95. The third-order valence-electron chi connectivity index (χ3n) is 4.29. The van der Waals surface area contributed by atoms with Gasteiger partial charge in [-0.15, -0.1) is 0 Å². The standard InChI is InChI=1S/C19H20N2O3S/c1-3-13-8-6-7-12(2)18(13)21-17(22)11-16-19(23)20-14-9-4-5-10-15(14)25(16)24/h4-10,16H,3,11H2,1-2H3,(H,20,23)(H,21,22)/t16-,25+/m1/s1. The smallest absolute Gasteiger partial charge is 0.241 e. The van der Waals surface area contributed by atoms with Crippen molar-refractivity contribution in [3.05, 3.63) is 53.6 Å². The molecule has 2 aromatic rings. The molecule has 2 amide bonds. The number of amides is 2. The first-order chi connectivity index (χ1) is 12.0. The first-order valence-electron chi connectivity index (χ1n) is 8.20. The predicted octanol–water partition coefficient (Wildman–Crippen LogP) is 3.01. The fourth-order valence-electron chi connectivity index (χ4n) is 2.94. The number of nitrogens with one attached hydrogen (secondary N) is 2. The number of aryl methyl sites for hydroxylation is 2. The molecular formula is C19H20N2O3S. The van der Waals surface area contributed by atoms with Gasteiger partial charge in [-0.3, -0.25) is 13.8 Å². The summed E-state index contributed by atoms with van der Waals surface area (Å²) in [6, 6.07) is 12.8. The normalized spacial score (nSPS) is 19.0. The fourth-order valence-corrected chi connectivity index (χ4v) is 4.35. The van der Waals surface area contributed by atoms with Crippen molar-refractivity contribution in [1.82, 2.24) is 0 Å². The lowest BCUT2D eigenvalue weighted by Gasteiger charge is -2.23. The monoisotopic (exact) mass is 356 g/mol. The van der Waals surface area contributed by atoms with E-state index in [0.717, 1.165) is 23.2 Å². The first-order valence-corrected chi connectivity index (χ1v) is 9.41. The second-order valence-corrected chi connectivity index (χ2v) is 7.59. The van der Waals surface area contributed by atoms with E-state index in [0.29, 0.717) is 10.6 Å². The van der Waals surface area contributed by atoms with Gasteiger partial charge in [0.25, 0.3) is 0 Å². The number of anilines is 2. The zero-order valence-electron chi connectivity index (χ0n) is 14.2. The maximum atomic E-state index is 12.7. The number of carbonyl (C=O) groups is 2. The Bertz CT molecular complexity index is 863. The van der Waals surface area contributed by atoms with Gasteiger partial charge in [-0.05, 0) is 36.6 Å². The summed E-state index contributed by atoms with van der Waals surface area (Å²) in [5.41, 5.74) is 3.33. The lowest BCUT2D eigenvalue weighted by Crippen LogP contribution is -2.39. The molecule has 0 spiro atoms. The van der Waals surface area contributed by atoms with Crippen LogP contribution < -0.4 is 10.6 Å². The van der Waals surface area contributed by atoms with E-state index >= 15 is 0 Å². The first kappa shape index (κ1) is 17.4. The molecule has 0 aromatic heterocycles. The van der Waals surface area contributed by atoms with Crippen molar-refractivity contribution in [1.29, 1.82) is 0 Å². The molecule has 2 N–H and O–H groups in total. The van der Waals surface area contributed by atoms with Crippen LogP contribution in [0.5, 0.6) is 0 Å². The molecule has 25 heavy (non-hydrogen) atoms. The number of benzene rings is 2. The molecule has 0 fully saturated rings. The van der Waals surface area contributed by atoms with E-state index < -0.39 is 16.0 Å². The lowest BCUT2D eigenvalue weighted by atomic mass is 10.1. The third-order valence-corrected chi connectivity index (χ3v) is 5.97. The fraction of sp³-hybridized carbons (Fsp3) is 0.263. The molecule has 0 radical (unpaired) electrons. The molecule has 0 bridgehead atoms. The van der Waals surface area contributed by atoms with Crippen molar-refractivity contribution in [3.63, 3.8) is 0 Å². The zero-order valence-corrected chi connectivity index (χ0v) is 15.0. The van der Waals surface area contributed by atoms with Gasteiger partial charge in [0.15, 0.2) is 0 Å². The summed E-state index contributed by atoms with van der Waals surface area (Å²) >= 11 is 0. The maximum absolute atomic E-state index is 12.7. The van der Waals surface area contributed by atoms with Crippen LogP contribution in [0.1, 0.15) is 24.5 Å². The van der Waals surface area contributed by atoms with Gasteiger partial charge in [0, 0.05) is 5.69 Å². The predicted molar refractivity (Wildman–Crippen MR) is 99.1 cm³/mol. The molecule has 3 rings (SSSR count). The van der Waals surface area contributed by atoms with E-state index in [4.69, 9.17) is 0 Å². The Morgan fingerprint density at radius 1 is 1.20 bits per heavy atom. The van der Waals surface area contributed by atoms with E-state index in [-0.39, 0.29) is 18.2 Å². The lowest BCUT2D eigenvalue weighted by molar-refractivity contribution is -0.120. The summed E-state index contributed by atoms with van der Waals surface area (Å²) in [6.07, 6.45) is 0.671. The molecule has 2 atom stereocenters. The minimum absolute atomic E-state index is 0.121. The highest BCUT2D eigenvalue weighted by Crippen LogP contribution is 2.29. The Hall–Kier alpha value is -2.47. The summed E-state index contributed by atoms with van der Waals surface area (Å²) in [5.74, 6) is -0.690. The van der Waals surface area contributed by atoms with Crippen molar-refractivity contribution in [2.45, 2.75) is 36.8 Å². The largest absolute Gasteiger partial charge is 0.326 e. The number of para-hydroxylation sites is 2. The van der Waals surface area contributed by atoms with Crippen molar-refractivity contribution >= 4 is 34.0 Å². The molecule has 0 saturated carbocycles. The zero-order chi connectivity index (χ0) is 18.0. The van der Waals surface area contributed by atoms with Crippen molar-refractivity contribution in [2.75, 3.05) is 10.6 Å².